The molecule has 5 rings (SSSR count). The maximum atomic E-state index is 13.4. The van der Waals surface area contributed by atoms with Crippen LogP contribution in [0.25, 0.3) is 5.70 Å². The largest absolute Gasteiger partial charge is 0.359 e. The Kier molecular flexibility index (Phi) is 6.98. The highest BCUT2D eigenvalue weighted by atomic mass is 16.2. The van der Waals surface area contributed by atoms with Gasteiger partial charge in [0, 0.05) is 43.8 Å². The number of rotatable bonds is 1. The van der Waals surface area contributed by atoms with Crippen molar-refractivity contribution in [3.63, 3.8) is 0 Å². The summed E-state index contributed by atoms with van der Waals surface area (Å²) in [6.45, 7) is 3.26. The number of carbonyl (C=O) groups excluding carboxylic acids is 2. The van der Waals surface area contributed by atoms with Gasteiger partial charge >= 0.3 is 0 Å². The number of hydrogen-bond acceptors (Lipinski definition) is 6. The first kappa shape index (κ1) is 23.3. The van der Waals surface area contributed by atoms with Crippen molar-refractivity contribution >= 4 is 23.2 Å². The van der Waals surface area contributed by atoms with Gasteiger partial charge in [-0.3, -0.25) is 19.0 Å². The first-order valence-electron chi connectivity index (χ1n) is 12.6. The van der Waals surface area contributed by atoms with Gasteiger partial charge in [-0.1, -0.05) is 25.0 Å². The molecule has 1 atom stereocenters. The molecule has 10 heteroatoms. The normalized spacial score (nSPS) is 22.5. The van der Waals surface area contributed by atoms with Crippen LogP contribution in [0.5, 0.6) is 0 Å². The van der Waals surface area contributed by atoms with Gasteiger partial charge in [0.15, 0.2) is 5.69 Å². The second-order valence-electron chi connectivity index (χ2n) is 9.50. The van der Waals surface area contributed by atoms with Gasteiger partial charge < -0.3 is 20.9 Å². The Labute approximate surface area is 205 Å². The number of likely N-dealkylation sites (N-methyl/N-ethyl adjacent to an activating group) is 1. The third kappa shape index (κ3) is 5.17. The van der Waals surface area contributed by atoms with E-state index in [2.05, 4.69) is 26.1 Å². The van der Waals surface area contributed by atoms with E-state index in [0.717, 1.165) is 69.4 Å². The molecule has 2 amide bonds. The summed E-state index contributed by atoms with van der Waals surface area (Å²) in [4.78, 5) is 28.4. The molecule has 35 heavy (non-hydrogen) atoms. The number of piperidine rings is 1. The fourth-order valence-electron chi connectivity index (χ4n) is 4.98. The average Bonchev–Trinajstić information content (AvgIpc) is 3.51. The van der Waals surface area contributed by atoms with E-state index >= 15 is 0 Å². The predicted molar refractivity (Wildman–Crippen MR) is 134 cm³/mol. The third-order valence-electron chi connectivity index (χ3n) is 7.03. The van der Waals surface area contributed by atoms with Gasteiger partial charge in [-0.15, -0.1) is 0 Å². The lowest BCUT2D eigenvalue weighted by Gasteiger charge is -2.30. The van der Waals surface area contributed by atoms with E-state index in [4.69, 9.17) is 0 Å². The van der Waals surface area contributed by atoms with Crippen LogP contribution in [0.4, 0.5) is 5.69 Å². The van der Waals surface area contributed by atoms with Gasteiger partial charge in [-0.2, -0.15) is 10.2 Å². The molecule has 0 saturated carbocycles. The molecule has 3 aliphatic heterocycles. The predicted octanol–water partition coefficient (Wildman–Crippen LogP) is 2.16. The third-order valence-corrected chi connectivity index (χ3v) is 7.03. The highest BCUT2D eigenvalue weighted by Gasteiger charge is 2.29. The smallest absolute Gasteiger partial charge is 0.273 e. The summed E-state index contributed by atoms with van der Waals surface area (Å²) < 4.78 is 3.82. The van der Waals surface area contributed by atoms with Gasteiger partial charge in [0.25, 0.3) is 11.8 Å². The Balaban J connectivity index is 1.43. The Bertz CT molecular complexity index is 1120. The summed E-state index contributed by atoms with van der Waals surface area (Å²) in [6, 6.07) is -0.311. The molecule has 2 aromatic rings. The minimum Gasteiger partial charge on any atom is -0.359 e. The van der Waals surface area contributed by atoms with Crippen LogP contribution in [0.3, 0.4) is 0 Å². The highest BCUT2D eigenvalue weighted by molar-refractivity contribution is 6.04. The molecule has 4 bridgehead atoms. The van der Waals surface area contributed by atoms with E-state index in [1.54, 1.807) is 0 Å². The average molecular weight is 479 g/mol. The number of allylic oxidation sites excluding steroid dienone is 2. The van der Waals surface area contributed by atoms with Crippen molar-refractivity contribution in [2.45, 2.75) is 57.2 Å². The van der Waals surface area contributed by atoms with Crippen LogP contribution in [0.1, 0.15) is 60.6 Å². The Hall–Kier alpha value is -3.40. The Morgan fingerprint density at radius 2 is 1.86 bits per heavy atom. The maximum absolute atomic E-state index is 13.4. The number of amides is 2. The minimum atomic E-state index is -0.518. The Morgan fingerprint density at radius 1 is 1.03 bits per heavy atom. The molecular weight excluding hydrogens is 444 g/mol. The molecule has 0 aromatic carbocycles. The van der Waals surface area contributed by atoms with Crippen LogP contribution in [0, 0.1) is 0 Å². The molecule has 0 spiro atoms. The van der Waals surface area contributed by atoms with E-state index in [0.29, 0.717) is 12.2 Å². The topological polar surface area (TPSA) is 109 Å². The van der Waals surface area contributed by atoms with Crippen LogP contribution in [-0.2, 0) is 11.3 Å². The van der Waals surface area contributed by atoms with Crippen LogP contribution in [0.15, 0.2) is 36.8 Å². The molecule has 2 aromatic heterocycles. The lowest BCUT2D eigenvalue weighted by atomic mass is 10.1. The number of anilines is 1. The number of aryl methyl sites for hydroxylation is 1. The van der Waals surface area contributed by atoms with Gasteiger partial charge in [0.05, 0.1) is 17.9 Å². The van der Waals surface area contributed by atoms with Crippen molar-refractivity contribution in [2.75, 3.05) is 32.0 Å². The van der Waals surface area contributed by atoms with Gasteiger partial charge in [0.1, 0.15) is 6.04 Å². The van der Waals surface area contributed by atoms with Crippen molar-refractivity contribution in [3.8, 4) is 0 Å². The zero-order chi connectivity index (χ0) is 24.2. The standard InChI is InChI=1S/C25H34N8O2/c1-31-21-7-6-8-22(31)24(34)29-20-17-33(19-9-12-26-13-10-19)30-23(20)25(35)27-11-4-2-3-5-14-32-16-18(21)15-28-32/h6-8,15-17,19,22,26H,2-5,9-14H2,1H3,(H,27,35)(H,29,34). The van der Waals surface area contributed by atoms with Crippen molar-refractivity contribution in [1.82, 2.24) is 35.1 Å². The molecule has 5 heterocycles. The fourth-order valence-corrected chi connectivity index (χ4v) is 4.98. The zero-order valence-electron chi connectivity index (χ0n) is 20.2. The van der Waals surface area contributed by atoms with Crippen molar-refractivity contribution in [1.29, 1.82) is 0 Å². The van der Waals surface area contributed by atoms with Gasteiger partial charge in [-0.05, 0) is 44.8 Å². The lowest BCUT2D eigenvalue weighted by molar-refractivity contribution is -0.118. The fraction of sp³-hybridized carbons (Fsp3) is 0.520. The number of nitrogens with one attached hydrogen (secondary N) is 3. The minimum absolute atomic E-state index is 0.207. The van der Waals surface area contributed by atoms with E-state index in [1.165, 1.54) is 0 Å². The molecule has 0 radical (unpaired) electrons. The first-order chi connectivity index (χ1) is 17.1. The van der Waals surface area contributed by atoms with Crippen LogP contribution in [0.2, 0.25) is 0 Å². The van der Waals surface area contributed by atoms with E-state index in [1.807, 2.05) is 58.1 Å². The quantitative estimate of drug-likeness (QED) is 0.580. The molecule has 10 nitrogen and oxygen atoms in total. The Morgan fingerprint density at radius 3 is 2.71 bits per heavy atom. The van der Waals surface area contributed by atoms with Crippen molar-refractivity contribution in [3.05, 3.63) is 48.1 Å². The van der Waals surface area contributed by atoms with E-state index in [-0.39, 0.29) is 23.6 Å². The molecular formula is C25H34N8O2. The monoisotopic (exact) mass is 478 g/mol. The lowest BCUT2D eigenvalue weighted by Crippen LogP contribution is -2.40. The van der Waals surface area contributed by atoms with E-state index in [9.17, 15) is 9.59 Å². The molecule has 1 fully saturated rings. The zero-order valence-corrected chi connectivity index (χ0v) is 20.2. The number of hydrogen-bond donors (Lipinski definition) is 3. The van der Waals surface area contributed by atoms with E-state index < -0.39 is 6.04 Å². The highest BCUT2D eigenvalue weighted by Crippen LogP contribution is 2.27. The van der Waals surface area contributed by atoms with Crippen LogP contribution < -0.4 is 16.0 Å². The van der Waals surface area contributed by atoms with Gasteiger partial charge in [0.2, 0.25) is 0 Å². The number of nitrogens with zero attached hydrogens (tertiary/aromatic N) is 5. The van der Waals surface area contributed by atoms with Gasteiger partial charge in [-0.25, -0.2) is 0 Å². The summed E-state index contributed by atoms with van der Waals surface area (Å²) in [5.74, 6) is -0.452. The summed E-state index contributed by atoms with van der Waals surface area (Å²) in [7, 11) is 1.90. The van der Waals surface area contributed by atoms with Crippen molar-refractivity contribution < 1.29 is 9.59 Å². The molecule has 1 unspecified atom stereocenters. The SMILES string of the molecule is CN1C2=CC=CC1C(=O)Nc1cn(C3CCNCC3)nc1C(=O)NCCCCCCn1cc2cn1. The van der Waals surface area contributed by atoms with Crippen molar-refractivity contribution in [2.24, 2.45) is 0 Å². The second-order valence-corrected chi connectivity index (χ2v) is 9.50. The number of fused-ring (bicyclic) bond motifs is 6. The summed E-state index contributed by atoms with van der Waals surface area (Å²) in [6.07, 6.45) is 17.4. The molecule has 1 saturated heterocycles. The molecule has 3 N–H and O–H groups in total. The molecule has 186 valence electrons. The summed E-state index contributed by atoms with van der Waals surface area (Å²) in [5, 5.41) is 18.5. The van der Waals surface area contributed by atoms with Crippen LogP contribution >= 0.6 is 0 Å². The summed E-state index contributed by atoms with van der Waals surface area (Å²) in [5.41, 5.74) is 2.65. The number of carbonyl (C=O) groups is 2. The molecule has 3 aliphatic rings. The molecule has 0 aliphatic carbocycles. The van der Waals surface area contributed by atoms with Crippen LogP contribution in [-0.4, -0.2) is 69.0 Å². The number of aromatic nitrogens is 4. The second kappa shape index (κ2) is 10.5. The summed E-state index contributed by atoms with van der Waals surface area (Å²) >= 11 is 0. The first-order valence-corrected chi connectivity index (χ1v) is 12.6. The maximum Gasteiger partial charge on any atom is 0.273 e.